The molecule has 0 aliphatic rings. The van der Waals surface area contributed by atoms with Gasteiger partial charge in [0.25, 0.3) is 0 Å². The molecule has 0 spiro atoms. The summed E-state index contributed by atoms with van der Waals surface area (Å²) in [7, 11) is 6.15. The SMILES string of the molecule is [B]c1cccc2oc3cccc(-c4ccccc4)c3c12. The minimum absolute atomic E-state index is 0.754. The van der Waals surface area contributed by atoms with Gasteiger partial charge in [0.2, 0.25) is 0 Å². The second-order valence-corrected chi connectivity index (χ2v) is 4.87. The largest absolute Gasteiger partial charge is 0.456 e. The monoisotopic (exact) mass is 254 g/mol. The third-order valence-electron chi connectivity index (χ3n) is 3.64. The van der Waals surface area contributed by atoms with Crippen LogP contribution in [-0.4, -0.2) is 7.85 Å². The van der Waals surface area contributed by atoms with Gasteiger partial charge in [0.1, 0.15) is 19.0 Å². The quantitative estimate of drug-likeness (QED) is 0.467. The zero-order chi connectivity index (χ0) is 13.5. The lowest BCUT2D eigenvalue weighted by atomic mass is 9.89. The standard InChI is InChI=1S/C18H11BO/c19-14-9-5-11-16-18(14)17-13(8-4-10-15(17)20-16)12-6-2-1-3-7-12/h1-11H. The molecule has 1 aromatic heterocycles. The Morgan fingerprint density at radius 2 is 1.35 bits per heavy atom. The Morgan fingerprint density at radius 3 is 2.15 bits per heavy atom. The fourth-order valence-electron chi connectivity index (χ4n) is 2.75. The topological polar surface area (TPSA) is 13.1 Å². The Labute approximate surface area is 118 Å². The van der Waals surface area contributed by atoms with Crippen molar-refractivity contribution in [3.8, 4) is 11.1 Å². The van der Waals surface area contributed by atoms with Crippen LogP contribution in [0.15, 0.2) is 71.1 Å². The number of hydrogen-bond acceptors (Lipinski definition) is 1. The maximum Gasteiger partial charge on any atom is 0.136 e. The summed E-state index contributed by atoms with van der Waals surface area (Å²) in [6, 6.07) is 22.2. The van der Waals surface area contributed by atoms with E-state index in [1.165, 1.54) is 5.56 Å². The van der Waals surface area contributed by atoms with Crippen LogP contribution in [0.1, 0.15) is 0 Å². The van der Waals surface area contributed by atoms with E-state index >= 15 is 0 Å². The molecule has 1 heterocycles. The molecule has 0 aliphatic carbocycles. The number of rotatable bonds is 1. The van der Waals surface area contributed by atoms with Gasteiger partial charge in [-0.3, -0.25) is 0 Å². The minimum Gasteiger partial charge on any atom is -0.456 e. The molecule has 0 saturated carbocycles. The van der Waals surface area contributed by atoms with E-state index in [-0.39, 0.29) is 0 Å². The number of fused-ring (bicyclic) bond motifs is 3. The van der Waals surface area contributed by atoms with Crippen molar-refractivity contribution in [2.75, 3.05) is 0 Å². The van der Waals surface area contributed by atoms with Gasteiger partial charge in [0.05, 0.1) is 0 Å². The summed E-state index contributed by atoms with van der Waals surface area (Å²) in [5, 5.41) is 2.09. The molecule has 92 valence electrons. The molecule has 2 heteroatoms. The van der Waals surface area contributed by atoms with Crippen LogP contribution < -0.4 is 5.46 Å². The van der Waals surface area contributed by atoms with Crippen molar-refractivity contribution in [1.82, 2.24) is 0 Å². The van der Waals surface area contributed by atoms with E-state index in [2.05, 4.69) is 18.2 Å². The maximum absolute atomic E-state index is 6.15. The fraction of sp³-hybridized carbons (Fsp3) is 0. The fourth-order valence-corrected chi connectivity index (χ4v) is 2.75. The average Bonchev–Trinajstić information content (AvgIpc) is 2.88. The van der Waals surface area contributed by atoms with E-state index in [1.807, 2.05) is 48.5 Å². The zero-order valence-corrected chi connectivity index (χ0v) is 10.8. The number of benzene rings is 3. The molecular formula is C18H11BO. The first-order chi connectivity index (χ1) is 9.84. The average molecular weight is 254 g/mol. The smallest absolute Gasteiger partial charge is 0.136 e. The third kappa shape index (κ3) is 1.58. The predicted molar refractivity (Wildman–Crippen MR) is 84.5 cm³/mol. The summed E-state index contributed by atoms with van der Waals surface area (Å²) < 4.78 is 5.92. The van der Waals surface area contributed by atoms with Crippen LogP contribution >= 0.6 is 0 Å². The van der Waals surface area contributed by atoms with Gasteiger partial charge in [-0.15, -0.1) is 0 Å². The van der Waals surface area contributed by atoms with Gasteiger partial charge in [0.15, 0.2) is 0 Å². The van der Waals surface area contributed by atoms with Crippen molar-refractivity contribution in [3.05, 3.63) is 66.7 Å². The van der Waals surface area contributed by atoms with Crippen LogP contribution in [0.2, 0.25) is 0 Å². The van der Waals surface area contributed by atoms with Crippen LogP contribution in [-0.2, 0) is 0 Å². The lowest BCUT2D eigenvalue weighted by molar-refractivity contribution is 0.669. The summed E-state index contributed by atoms with van der Waals surface area (Å²) in [5.74, 6) is 0. The van der Waals surface area contributed by atoms with Crippen molar-refractivity contribution < 1.29 is 4.42 Å². The molecule has 0 atom stereocenters. The molecular weight excluding hydrogens is 243 g/mol. The van der Waals surface area contributed by atoms with Crippen molar-refractivity contribution >= 4 is 35.2 Å². The van der Waals surface area contributed by atoms with Gasteiger partial charge in [-0.05, 0) is 23.3 Å². The Morgan fingerprint density at radius 1 is 0.650 bits per heavy atom. The molecule has 0 amide bonds. The normalized spacial score (nSPS) is 11.2. The minimum atomic E-state index is 0.754. The molecule has 1 nitrogen and oxygen atoms in total. The van der Waals surface area contributed by atoms with Crippen LogP contribution in [0.5, 0.6) is 0 Å². The highest BCUT2D eigenvalue weighted by molar-refractivity contribution is 6.42. The second-order valence-electron chi connectivity index (χ2n) is 4.87. The van der Waals surface area contributed by atoms with Crippen molar-refractivity contribution in [2.45, 2.75) is 0 Å². The predicted octanol–water partition coefficient (Wildman–Crippen LogP) is 4.05. The zero-order valence-electron chi connectivity index (χ0n) is 10.8. The molecule has 4 aromatic rings. The van der Waals surface area contributed by atoms with E-state index in [9.17, 15) is 0 Å². The van der Waals surface area contributed by atoms with Gasteiger partial charge in [-0.2, -0.15) is 0 Å². The van der Waals surface area contributed by atoms with Crippen molar-refractivity contribution in [1.29, 1.82) is 0 Å². The number of hydrogen-bond donors (Lipinski definition) is 0. The summed E-state index contributed by atoms with van der Waals surface area (Å²) >= 11 is 0. The molecule has 2 radical (unpaired) electrons. The van der Waals surface area contributed by atoms with E-state index in [1.54, 1.807) is 0 Å². The molecule has 20 heavy (non-hydrogen) atoms. The lowest BCUT2D eigenvalue weighted by Gasteiger charge is -2.04. The molecule has 0 bridgehead atoms. The lowest BCUT2D eigenvalue weighted by Crippen LogP contribution is -2.01. The van der Waals surface area contributed by atoms with Gasteiger partial charge in [0, 0.05) is 10.8 Å². The van der Waals surface area contributed by atoms with E-state index in [4.69, 9.17) is 12.3 Å². The van der Waals surface area contributed by atoms with Crippen LogP contribution in [0.3, 0.4) is 0 Å². The first-order valence-electron chi connectivity index (χ1n) is 6.60. The Kier molecular flexibility index (Phi) is 2.43. The van der Waals surface area contributed by atoms with Crippen molar-refractivity contribution in [2.24, 2.45) is 0 Å². The first kappa shape index (κ1) is 11.4. The maximum atomic E-state index is 6.15. The molecule has 0 fully saturated rings. The van der Waals surface area contributed by atoms with Crippen LogP contribution in [0, 0.1) is 0 Å². The first-order valence-corrected chi connectivity index (χ1v) is 6.60. The van der Waals surface area contributed by atoms with Crippen LogP contribution in [0.25, 0.3) is 33.1 Å². The van der Waals surface area contributed by atoms with Gasteiger partial charge < -0.3 is 4.42 Å². The summed E-state index contributed by atoms with van der Waals surface area (Å²) in [6.07, 6.45) is 0. The molecule has 3 aromatic carbocycles. The van der Waals surface area contributed by atoms with Gasteiger partial charge in [-0.25, -0.2) is 0 Å². The Balaban J connectivity index is 2.20. The Hall–Kier alpha value is -2.48. The van der Waals surface area contributed by atoms with Gasteiger partial charge >= 0.3 is 0 Å². The van der Waals surface area contributed by atoms with E-state index in [0.717, 1.165) is 33.0 Å². The molecule has 0 unspecified atom stereocenters. The van der Waals surface area contributed by atoms with E-state index in [0.29, 0.717) is 0 Å². The molecule has 0 saturated heterocycles. The summed E-state index contributed by atoms with van der Waals surface area (Å²) in [5.41, 5.74) is 4.79. The summed E-state index contributed by atoms with van der Waals surface area (Å²) in [6.45, 7) is 0. The molecule has 0 aliphatic heterocycles. The van der Waals surface area contributed by atoms with Gasteiger partial charge in [-0.1, -0.05) is 60.1 Å². The highest BCUT2D eigenvalue weighted by Crippen LogP contribution is 2.35. The van der Waals surface area contributed by atoms with E-state index < -0.39 is 0 Å². The number of furan rings is 1. The summed E-state index contributed by atoms with van der Waals surface area (Å²) in [4.78, 5) is 0. The molecule has 0 N–H and O–H groups in total. The van der Waals surface area contributed by atoms with Crippen molar-refractivity contribution in [3.63, 3.8) is 0 Å². The third-order valence-corrected chi connectivity index (χ3v) is 3.64. The highest BCUT2D eigenvalue weighted by Gasteiger charge is 2.12. The highest BCUT2D eigenvalue weighted by atomic mass is 16.3. The second kappa shape index (κ2) is 4.27. The Bertz CT molecular complexity index is 907. The molecule has 4 rings (SSSR count). The van der Waals surface area contributed by atoms with Crippen LogP contribution in [0.4, 0.5) is 0 Å².